The maximum Gasteiger partial charge on any atom is 0.239 e. The molecule has 1 aromatic carbocycles. The van der Waals surface area contributed by atoms with Crippen LogP contribution in [0.15, 0.2) is 48.7 Å². The lowest BCUT2D eigenvalue weighted by Gasteiger charge is -2.19. The second-order valence-electron chi connectivity index (χ2n) is 5.54. The van der Waals surface area contributed by atoms with Gasteiger partial charge in [0.2, 0.25) is 11.8 Å². The molecule has 1 fully saturated rings. The van der Waals surface area contributed by atoms with Gasteiger partial charge in [0.05, 0.1) is 25.0 Å². The first-order chi connectivity index (χ1) is 11.7. The molecule has 3 rings (SSSR count). The molecule has 2 amide bonds. The third-order valence-electron chi connectivity index (χ3n) is 4.07. The van der Waals surface area contributed by atoms with Crippen molar-refractivity contribution in [1.29, 1.82) is 0 Å². The van der Waals surface area contributed by atoms with Crippen LogP contribution in [0.3, 0.4) is 0 Å². The van der Waals surface area contributed by atoms with Crippen molar-refractivity contribution in [3.63, 3.8) is 0 Å². The van der Waals surface area contributed by atoms with E-state index in [9.17, 15) is 9.59 Å². The maximum atomic E-state index is 12.6. The van der Waals surface area contributed by atoms with E-state index in [4.69, 9.17) is 4.74 Å². The standard InChI is InChI=1S/C18H19N3O3/c1-24-16-8-3-2-7-15(16)21-11-9-14(18(21)23)17(22)20-12-13-6-4-5-10-19-13/h2-8,10,14H,9,11-12H2,1H3,(H,20,22). The third kappa shape index (κ3) is 3.22. The van der Waals surface area contributed by atoms with Crippen molar-refractivity contribution >= 4 is 17.5 Å². The van der Waals surface area contributed by atoms with Crippen molar-refractivity contribution in [2.24, 2.45) is 5.92 Å². The number of hydrogen-bond donors (Lipinski definition) is 1. The minimum Gasteiger partial charge on any atom is -0.495 e. The Morgan fingerprint density at radius 1 is 1.29 bits per heavy atom. The lowest BCUT2D eigenvalue weighted by molar-refractivity contribution is -0.132. The third-order valence-corrected chi connectivity index (χ3v) is 4.07. The van der Waals surface area contributed by atoms with Crippen LogP contribution in [-0.4, -0.2) is 30.5 Å². The molecule has 1 aromatic heterocycles. The summed E-state index contributed by atoms with van der Waals surface area (Å²) in [5.41, 5.74) is 1.46. The number of carbonyl (C=O) groups excluding carboxylic acids is 2. The summed E-state index contributed by atoms with van der Waals surface area (Å²) in [5.74, 6) is -0.500. The zero-order chi connectivity index (χ0) is 16.9. The number of carbonyl (C=O) groups is 2. The van der Waals surface area contributed by atoms with Gasteiger partial charge in [-0.2, -0.15) is 0 Å². The van der Waals surface area contributed by atoms with Gasteiger partial charge in [0.25, 0.3) is 0 Å². The fourth-order valence-electron chi connectivity index (χ4n) is 2.82. The number of methoxy groups -OCH3 is 1. The van der Waals surface area contributed by atoms with Crippen molar-refractivity contribution in [2.45, 2.75) is 13.0 Å². The van der Waals surface area contributed by atoms with Crippen LogP contribution < -0.4 is 15.0 Å². The Kier molecular flexibility index (Phi) is 4.74. The van der Waals surface area contributed by atoms with Gasteiger partial charge in [0.15, 0.2) is 0 Å². The number of aromatic nitrogens is 1. The number of hydrogen-bond acceptors (Lipinski definition) is 4. The highest BCUT2D eigenvalue weighted by Gasteiger charge is 2.38. The number of nitrogens with zero attached hydrogens (tertiary/aromatic N) is 2. The van der Waals surface area contributed by atoms with Crippen LogP contribution in [0.1, 0.15) is 12.1 Å². The van der Waals surface area contributed by atoms with Gasteiger partial charge in [-0.3, -0.25) is 14.6 Å². The number of para-hydroxylation sites is 2. The number of pyridine rings is 1. The van der Waals surface area contributed by atoms with E-state index >= 15 is 0 Å². The topological polar surface area (TPSA) is 71.5 Å². The van der Waals surface area contributed by atoms with E-state index in [1.165, 1.54) is 0 Å². The molecule has 0 spiro atoms. The minimum absolute atomic E-state index is 0.196. The number of anilines is 1. The lowest BCUT2D eigenvalue weighted by Crippen LogP contribution is -2.36. The van der Waals surface area contributed by atoms with Gasteiger partial charge < -0.3 is 15.0 Å². The molecule has 2 aromatic rings. The van der Waals surface area contributed by atoms with E-state index in [0.717, 1.165) is 5.69 Å². The Bertz CT molecular complexity index is 733. The van der Waals surface area contributed by atoms with Crippen molar-refractivity contribution in [2.75, 3.05) is 18.6 Å². The molecule has 6 nitrogen and oxygen atoms in total. The van der Waals surface area contributed by atoms with Gasteiger partial charge in [0, 0.05) is 12.7 Å². The molecule has 2 heterocycles. The smallest absolute Gasteiger partial charge is 0.239 e. The lowest BCUT2D eigenvalue weighted by atomic mass is 10.1. The second-order valence-corrected chi connectivity index (χ2v) is 5.54. The van der Waals surface area contributed by atoms with E-state index in [1.807, 2.05) is 36.4 Å². The van der Waals surface area contributed by atoms with Crippen LogP contribution in [0.25, 0.3) is 0 Å². The second kappa shape index (κ2) is 7.12. The van der Waals surface area contributed by atoms with Crippen LogP contribution >= 0.6 is 0 Å². The maximum absolute atomic E-state index is 12.6. The van der Waals surface area contributed by atoms with Crippen molar-refractivity contribution in [3.8, 4) is 5.75 Å². The molecule has 0 radical (unpaired) electrons. The van der Waals surface area contributed by atoms with Crippen molar-refractivity contribution < 1.29 is 14.3 Å². The van der Waals surface area contributed by atoms with Gasteiger partial charge in [0.1, 0.15) is 11.7 Å². The molecule has 1 aliphatic rings. The number of rotatable bonds is 5. The van der Waals surface area contributed by atoms with E-state index < -0.39 is 5.92 Å². The first kappa shape index (κ1) is 16.0. The van der Waals surface area contributed by atoms with Gasteiger partial charge in [-0.05, 0) is 30.7 Å². The molecule has 24 heavy (non-hydrogen) atoms. The molecule has 1 unspecified atom stereocenters. The number of benzene rings is 1. The van der Waals surface area contributed by atoms with E-state index in [1.54, 1.807) is 24.3 Å². The van der Waals surface area contributed by atoms with Crippen molar-refractivity contribution in [1.82, 2.24) is 10.3 Å². The highest BCUT2D eigenvalue weighted by molar-refractivity contribution is 6.10. The van der Waals surface area contributed by atoms with E-state index in [-0.39, 0.29) is 11.8 Å². The summed E-state index contributed by atoms with van der Waals surface area (Å²) < 4.78 is 5.30. The molecule has 1 N–H and O–H groups in total. The SMILES string of the molecule is COc1ccccc1N1CCC(C(=O)NCc2ccccn2)C1=O. The summed E-state index contributed by atoms with van der Waals surface area (Å²) in [7, 11) is 1.57. The molecule has 0 bridgehead atoms. The molecular weight excluding hydrogens is 306 g/mol. The summed E-state index contributed by atoms with van der Waals surface area (Å²) in [6, 6.07) is 12.8. The number of amides is 2. The summed E-state index contributed by atoms with van der Waals surface area (Å²) >= 11 is 0. The van der Waals surface area contributed by atoms with Crippen LogP contribution in [-0.2, 0) is 16.1 Å². The van der Waals surface area contributed by atoms with Crippen LogP contribution in [0.4, 0.5) is 5.69 Å². The molecular formula is C18H19N3O3. The van der Waals surface area contributed by atoms with Crippen LogP contribution in [0.5, 0.6) is 5.75 Å². The Labute approximate surface area is 140 Å². The van der Waals surface area contributed by atoms with Crippen LogP contribution in [0.2, 0.25) is 0 Å². The summed E-state index contributed by atoms with van der Waals surface area (Å²) in [5, 5.41) is 2.79. The van der Waals surface area contributed by atoms with E-state index in [2.05, 4.69) is 10.3 Å². The average Bonchev–Trinajstić information content (AvgIpc) is 3.02. The molecule has 1 aliphatic heterocycles. The zero-order valence-electron chi connectivity index (χ0n) is 13.4. The first-order valence-corrected chi connectivity index (χ1v) is 7.82. The van der Waals surface area contributed by atoms with Crippen LogP contribution in [0, 0.1) is 5.92 Å². The highest BCUT2D eigenvalue weighted by atomic mass is 16.5. The predicted octanol–water partition coefficient (Wildman–Crippen LogP) is 1.76. The number of nitrogens with one attached hydrogen (secondary N) is 1. The Morgan fingerprint density at radius 3 is 2.83 bits per heavy atom. The summed E-state index contributed by atoms with van der Waals surface area (Å²) in [4.78, 5) is 30.7. The monoisotopic (exact) mass is 325 g/mol. The number of ether oxygens (including phenoxy) is 1. The zero-order valence-corrected chi connectivity index (χ0v) is 13.4. The predicted molar refractivity (Wildman–Crippen MR) is 89.5 cm³/mol. The van der Waals surface area contributed by atoms with Gasteiger partial charge in [-0.25, -0.2) is 0 Å². The Morgan fingerprint density at radius 2 is 2.08 bits per heavy atom. The fraction of sp³-hybridized carbons (Fsp3) is 0.278. The first-order valence-electron chi connectivity index (χ1n) is 7.82. The highest BCUT2D eigenvalue weighted by Crippen LogP contribution is 2.32. The molecule has 0 aliphatic carbocycles. The van der Waals surface area contributed by atoms with Crippen molar-refractivity contribution in [3.05, 3.63) is 54.4 Å². The van der Waals surface area contributed by atoms with Gasteiger partial charge in [-0.1, -0.05) is 18.2 Å². The summed E-state index contributed by atoms with van der Waals surface area (Å²) in [6.07, 6.45) is 2.16. The average molecular weight is 325 g/mol. The fourth-order valence-corrected chi connectivity index (χ4v) is 2.82. The quantitative estimate of drug-likeness (QED) is 0.850. The Balaban J connectivity index is 1.66. The van der Waals surface area contributed by atoms with E-state index in [0.29, 0.717) is 30.9 Å². The molecule has 1 saturated heterocycles. The molecule has 6 heteroatoms. The van der Waals surface area contributed by atoms with Gasteiger partial charge >= 0.3 is 0 Å². The normalized spacial score (nSPS) is 17.0. The van der Waals surface area contributed by atoms with Gasteiger partial charge in [-0.15, -0.1) is 0 Å². The molecule has 0 saturated carbocycles. The summed E-state index contributed by atoms with van der Waals surface area (Å²) in [6.45, 7) is 0.818. The Hall–Kier alpha value is -2.89. The molecule has 1 atom stereocenters. The largest absolute Gasteiger partial charge is 0.495 e. The molecule has 124 valence electrons. The minimum atomic E-state index is -0.668.